The highest BCUT2D eigenvalue weighted by atomic mass is 33.1. The molecule has 0 aliphatic carbocycles. The van der Waals surface area contributed by atoms with Crippen molar-refractivity contribution in [3.05, 3.63) is 78.4 Å². The molecule has 0 bridgehead atoms. The van der Waals surface area contributed by atoms with E-state index in [1.165, 1.54) is 4.90 Å². The molecule has 21 heavy (non-hydrogen) atoms. The van der Waals surface area contributed by atoms with E-state index in [1.54, 1.807) is 21.6 Å². The minimum Gasteiger partial charge on any atom is -0.259 e. The molecule has 0 aromatic heterocycles. The van der Waals surface area contributed by atoms with Crippen LogP contribution in [0.2, 0.25) is 0 Å². The molecule has 2 aromatic rings. The van der Waals surface area contributed by atoms with Crippen LogP contribution < -0.4 is 0 Å². The Kier molecular flexibility index (Phi) is 7.13. The molecule has 1 atom stereocenters. The van der Waals surface area contributed by atoms with Gasteiger partial charge in [-0.2, -0.15) is 0 Å². The van der Waals surface area contributed by atoms with E-state index < -0.39 is 10.8 Å². The van der Waals surface area contributed by atoms with Gasteiger partial charge < -0.3 is 0 Å². The quantitative estimate of drug-likeness (QED) is 0.381. The molecule has 0 heterocycles. The van der Waals surface area contributed by atoms with E-state index in [4.69, 9.17) is 0 Å². The van der Waals surface area contributed by atoms with Crippen molar-refractivity contribution in [1.82, 2.24) is 0 Å². The first-order valence-electron chi connectivity index (χ1n) is 6.66. The summed E-state index contributed by atoms with van der Waals surface area (Å²) in [4.78, 5) is 1.20. The van der Waals surface area contributed by atoms with E-state index in [1.807, 2.05) is 48.5 Å². The van der Waals surface area contributed by atoms with Crippen molar-refractivity contribution in [1.29, 1.82) is 0 Å². The van der Waals surface area contributed by atoms with Crippen LogP contribution in [0, 0.1) is 0 Å². The molecule has 0 spiro atoms. The van der Waals surface area contributed by atoms with Gasteiger partial charge in [-0.25, -0.2) is 0 Å². The molecule has 0 saturated carbocycles. The van der Waals surface area contributed by atoms with Crippen molar-refractivity contribution in [2.24, 2.45) is 0 Å². The van der Waals surface area contributed by atoms with Crippen LogP contribution in [0.5, 0.6) is 0 Å². The van der Waals surface area contributed by atoms with Crippen LogP contribution in [0.4, 0.5) is 0 Å². The summed E-state index contributed by atoms with van der Waals surface area (Å²) in [6.45, 7) is 3.71. The standard InChI is InChI=1S/C17H18OS3/c1-2-11-19-20-17-10-6-9-16(12-17)14-21(18)13-15-7-4-3-5-8-15/h2-10,12H,1,11,13-14H2. The van der Waals surface area contributed by atoms with Crippen molar-refractivity contribution in [2.45, 2.75) is 16.4 Å². The molecule has 4 heteroatoms. The molecule has 0 radical (unpaired) electrons. The van der Waals surface area contributed by atoms with Crippen LogP contribution in [0.3, 0.4) is 0 Å². The first kappa shape index (κ1) is 16.4. The van der Waals surface area contributed by atoms with Gasteiger partial charge in [-0.1, -0.05) is 70.1 Å². The minimum absolute atomic E-state index is 0.607. The minimum atomic E-state index is -0.870. The van der Waals surface area contributed by atoms with E-state index in [-0.39, 0.29) is 0 Å². The zero-order valence-corrected chi connectivity index (χ0v) is 14.2. The molecule has 0 aliphatic heterocycles. The average Bonchev–Trinajstić information content (AvgIpc) is 2.49. The molecule has 110 valence electrons. The Hall–Kier alpha value is -0.970. The van der Waals surface area contributed by atoms with Crippen molar-refractivity contribution in [2.75, 3.05) is 5.75 Å². The third-order valence-electron chi connectivity index (χ3n) is 2.74. The fourth-order valence-corrected chi connectivity index (χ4v) is 4.90. The first-order valence-corrected chi connectivity index (χ1v) is 10.5. The number of hydrogen-bond acceptors (Lipinski definition) is 3. The van der Waals surface area contributed by atoms with Crippen LogP contribution in [-0.4, -0.2) is 9.96 Å². The van der Waals surface area contributed by atoms with Crippen molar-refractivity contribution in [3.63, 3.8) is 0 Å². The van der Waals surface area contributed by atoms with E-state index in [2.05, 4.69) is 18.7 Å². The summed E-state index contributed by atoms with van der Waals surface area (Å²) in [5.41, 5.74) is 2.26. The van der Waals surface area contributed by atoms with E-state index in [0.29, 0.717) is 11.5 Å². The van der Waals surface area contributed by atoms with Gasteiger partial charge in [0.05, 0.1) is 0 Å². The van der Waals surface area contributed by atoms with Crippen molar-refractivity contribution in [3.8, 4) is 0 Å². The lowest BCUT2D eigenvalue weighted by atomic mass is 10.2. The van der Waals surface area contributed by atoms with Gasteiger partial charge in [-0.05, 0) is 23.3 Å². The third kappa shape index (κ3) is 6.12. The molecule has 0 N–H and O–H groups in total. The van der Waals surface area contributed by atoms with Crippen LogP contribution in [0.15, 0.2) is 72.1 Å². The summed E-state index contributed by atoms with van der Waals surface area (Å²) in [7, 11) is 2.63. The second kappa shape index (κ2) is 9.13. The molecule has 0 amide bonds. The maximum absolute atomic E-state index is 12.2. The zero-order chi connectivity index (χ0) is 14.9. The number of rotatable bonds is 8. The Morgan fingerprint density at radius 3 is 2.48 bits per heavy atom. The number of hydrogen-bond donors (Lipinski definition) is 0. The lowest BCUT2D eigenvalue weighted by Crippen LogP contribution is -1.99. The van der Waals surface area contributed by atoms with Crippen molar-refractivity contribution >= 4 is 32.4 Å². The summed E-state index contributed by atoms with van der Waals surface area (Å²) < 4.78 is 12.2. The molecule has 0 aliphatic rings. The molecule has 2 rings (SSSR count). The van der Waals surface area contributed by atoms with E-state index in [0.717, 1.165) is 16.9 Å². The average molecular weight is 335 g/mol. The Morgan fingerprint density at radius 1 is 1.00 bits per heavy atom. The van der Waals surface area contributed by atoms with Gasteiger partial charge in [-0.15, -0.1) is 6.58 Å². The van der Waals surface area contributed by atoms with Gasteiger partial charge in [0.25, 0.3) is 0 Å². The van der Waals surface area contributed by atoms with Gasteiger partial charge in [0.1, 0.15) is 0 Å². The fourth-order valence-electron chi connectivity index (χ4n) is 1.83. The third-order valence-corrected chi connectivity index (χ3v) is 6.32. The highest BCUT2D eigenvalue weighted by Crippen LogP contribution is 2.31. The predicted molar refractivity (Wildman–Crippen MR) is 96.9 cm³/mol. The lowest BCUT2D eigenvalue weighted by molar-refractivity contribution is 0.682. The van der Waals surface area contributed by atoms with Gasteiger partial charge in [0, 0.05) is 33.0 Å². The lowest BCUT2D eigenvalue weighted by Gasteiger charge is -2.05. The predicted octanol–water partition coefficient (Wildman–Crippen LogP) is 5.06. The summed E-state index contributed by atoms with van der Waals surface area (Å²) in [5.74, 6) is 2.15. The fraction of sp³-hybridized carbons (Fsp3) is 0.176. The Labute approximate surface area is 137 Å². The summed E-state index contributed by atoms with van der Waals surface area (Å²) in [5, 5.41) is 0. The summed E-state index contributed by atoms with van der Waals surface area (Å²) >= 11 is 0. The van der Waals surface area contributed by atoms with Crippen LogP contribution in [-0.2, 0) is 22.3 Å². The second-order valence-electron chi connectivity index (χ2n) is 4.52. The van der Waals surface area contributed by atoms with Crippen LogP contribution in [0.25, 0.3) is 0 Å². The Bertz CT molecular complexity index is 596. The van der Waals surface area contributed by atoms with Gasteiger partial charge in [0.2, 0.25) is 0 Å². The van der Waals surface area contributed by atoms with Gasteiger partial charge in [-0.3, -0.25) is 4.21 Å². The second-order valence-corrected chi connectivity index (χ2v) is 8.39. The van der Waals surface area contributed by atoms with Gasteiger partial charge >= 0.3 is 0 Å². The zero-order valence-electron chi connectivity index (χ0n) is 11.7. The molecular weight excluding hydrogens is 316 g/mol. The smallest absolute Gasteiger partial charge is 0.0489 e. The summed E-state index contributed by atoms with van der Waals surface area (Å²) in [6.07, 6.45) is 1.90. The normalized spacial score (nSPS) is 12.0. The molecule has 2 aromatic carbocycles. The Balaban J connectivity index is 1.91. The largest absolute Gasteiger partial charge is 0.259 e. The molecule has 1 unspecified atom stereocenters. The van der Waals surface area contributed by atoms with E-state index >= 15 is 0 Å². The maximum Gasteiger partial charge on any atom is 0.0489 e. The molecule has 1 nitrogen and oxygen atoms in total. The molecule has 0 fully saturated rings. The highest BCUT2D eigenvalue weighted by molar-refractivity contribution is 8.76. The highest BCUT2D eigenvalue weighted by Gasteiger charge is 2.04. The Morgan fingerprint density at radius 2 is 1.71 bits per heavy atom. The topological polar surface area (TPSA) is 17.1 Å². The van der Waals surface area contributed by atoms with Gasteiger partial charge in [0.15, 0.2) is 0 Å². The van der Waals surface area contributed by atoms with Crippen LogP contribution in [0.1, 0.15) is 11.1 Å². The van der Waals surface area contributed by atoms with E-state index in [9.17, 15) is 4.21 Å². The molecule has 0 saturated heterocycles. The van der Waals surface area contributed by atoms with Crippen LogP contribution >= 0.6 is 21.6 Å². The van der Waals surface area contributed by atoms with Crippen molar-refractivity contribution < 1.29 is 4.21 Å². The number of benzene rings is 2. The maximum atomic E-state index is 12.2. The SMILES string of the molecule is C=CCSSc1cccc(CS(=O)Cc2ccccc2)c1. The monoisotopic (exact) mass is 334 g/mol. The molecular formula is C17H18OS3. The first-order chi connectivity index (χ1) is 10.3. The summed E-state index contributed by atoms with van der Waals surface area (Å²) in [6, 6.07) is 18.3.